The summed E-state index contributed by atoms with van der Waals surface area (Å²) in [5.74, 6) is 0. The lowest BCUT2D eigenvalue weighted by atomic mass is 10.1. The molecule has 2 aromatic heterocycles. The summed E-state index contributed by atoms with van der Waals surface area (Å²) in [5, 5.41) is 0. The molecule has 0 saturated carbocycles. The zero-order valence-electron chi connectivity index (χ0n) is 8.17. The molecule has 3 rings (SSSR count). The Kier molecular flexibility index (Phi) is 1.78. The highest BCUT2D eigenvalue weighted by molar-refractivity contribution is 5.69. The van der Waals surface area contributed by atoms with E-state index in [0.717, 1.165) is 0 Å². The molecular formula is C13H10N2. The average Bonchev–Trinajstić information content (AvgIpc) is 2.74. The largest absolute Gasteiger partial charge is 0.307 e. The molecule has 0 amide bonds. The Balaban J connectivity index is 2.21. The van der Waals surface area contributed by atoms with Gasteiger partial charge >= 0.3 is 0 Å². The normalized spacial score (nSPS) is 10.7. The van der Waals surface area contributed by atoms with E-state index in [1.165, 1.54) is 16.6 Å². The van der Waals surface area contributed by atoms with Crippen molar-refractivity contribution in [3.63, 3.8) is 0 Å². The highest BCUT2D eigenvalue weighted by atomic mass is 14.9. The molecule has 0 aliphatic rings. The van der Waals surface area contributed by atoms with Crippen LogP contribution in [0.1, 0.15) is 0 Å². The van der Waals surface area contributed by atoms with Crippen LogP contribution in [0.25, 0.3) is 16.6 Å². The molecule has 0 radical (unpaired) electrons. The number of fused-ring (bicyclic) bond motifs is 1. The van der Waals surface area contributed by atoms with Crippen molar-refractivity contribution >= 4 is 5.52 Å². The van der Waals surface area contributed by atoms with Crippen LogP contribution in [0, 0.1) is 0 Å². The lowest BCUT2D eigenvalue weighted by Gasteiger charge is -1.94. The monoisotopic (exact) mass is 194 g/mol. The summed E-state index contributed by atoms with van der Waals surface area (Å²) in [4.78, 5) is 4.08. The van der Waals surface area contributed by atoms with E-state index in [0.29, 0.717) is 0 Å². The van der Waals surface area contributed by atoms with Crippen molar-refractivity contribution in [1.82, 2.24) is 9.38 Å². The first kappa shape index (κ1) is 8.24. The van der Waals surface area contributed by atoms with Gasteiger partial charge in [0.2, 0.25) is 0 Å². The minimum Gasteiger partial charge on any atom is -0.307 e. The minimum atomic E-state index is 1.17. The first-order chi connectivity index (χ1) is 7.43. The van der Waals surface area contributed by atoms with Gasteiger partial charge in [-0.3, -0.25) is 0 Å². The lowest BCUT2D eigenvalue weighted by Crippen LogP contribution is -1.80. The third-order valence-corrected chi connectivity index (χ3v) is 2.51. The van der Waals surface area contributed by atoms with Gasteiger partial charge in [0.15, 0.2) is 0 Å². The smallest absolute Gasteiger partial charge is 0.0990 e. The van der Waals surface area contributed by atoms with E-state index in [1.807, 2.05) is 29.1 Å². The van der Waals surface area contributed by atoms with Gasteiger partial charge in [0.1, 0.15) is 0 Å². The van der Waals surface area contributed by atoms with E-state index in [1.54, 1.807) is 0 Å². The second kappa shape index (κ2) is 3.24. The van der Waals surface area contributed by atoms with E-state index >= 15 is 0 Å². The highest BCUT2D eigenvalue weighted by Gasteiger charge is 2.00. The predicted molar refractivity (Wildman–Crippen MR) is 60.6 cm³/mol. The standard InChI is InChI=1S/C13H10N2/c1-2-4-11(5-3-1)12-8-13-6-7-14-10-15(13)9-12/h1-10H. The number of nitrogens with zero attached hydrogens (tertiary/aromatic N) is 2. The summed E-state index contributed by atoms with van der Waals surface area (Å²) in [7, 11) is 0. The molecule has 2 nitrogen and oxygen atoms in total. The molecule has 2 heteroatoms. The molecule has 72 valence electrons. The van der Waals surface area contributed by atoms with Crippen molar-refractivity contribution in [3.05, 3.63) is 61.2 Å². The predicted octanol–water partition coefficient (Wildman–Crippen LogP) is 3.00. The Morgan fingerprint density at radius 2 is 1.80 bits per heavy atom. The van der Waals surface area contributed by atoms with E-state index in [4.69, 9.17) is 0 Å². The van der Waals surface area contributed by atoms with Gasteiger partial charge < -0.3 is 4.40 Å². The molecule has 0 aliphatic heterocycles. The van der Waals surface area contributed by atoms with Crippen LogP contribution in [0.3, 0.4) is 0 Å². The van der Waals surface area contributed by atoms with Crippen LogP contribution in [0.15, 0.2) is 61.2 Å². The molecule has 0 saturated heterocycles. The molecule has 1 aromatic carbocycles. The maximum atomic E-state index is 4.08. The second-order valence-corrected chi connectivity index (χ2v) is 3.51. The number of hydrogen-bond acceptors (Lipinski definition) is 1. The SMILES string of the molecule is c1ccc(-c2cc3ccncn3c2)cc1. The molecule has 0 bridgehead atoms. The summed E-state index contributed by atoms with van der Waals surface area (Å²) in [5.41, 5.74) is 3.63. The molecule has 0 spiro atoms. The van der Waals surface area contributed by atoms with Crippen molar-refractivity contribution in [2.24, 2.45) is 0 Å². The Hall–Kier alpha value is -2.09. The molecule has 2 heterocycles. The van der Waals surface area contributed by atoms with Gasteiger partial charge in [-0.15, -0.1) is 0 Å². The summed E-state index contributed by atoms with van der Waals surface area (Å²) in [6.45, 7) is 0. The number of rotatable bonds is 1. The van der Waals surface area contributed by atoms with Gasteiger partial charge in [-0.25, -0.2) is 4.98 Å². The van der Waals surface area contributed by atoms with Crippen molar-refractivity contribution in [1.29, 1.82) is 0 Å². The van der Waals surface area contributed by atoms with Crippen LogP contribution in [-0.2, 0) is 0 Å². The molecule has 0 aliphatic carbocycles. The molecule has 15 heavy (non-hydrogen) atoms. The molecule has 3 aromatic rings. The Bertz CT molecular complexity index is 549. The van der Waals surface area contributed by atoms with Crippen LogP contribution in [0.4, 0.5) is 0 Å². The Labute approximate surface area is 87.8 Å². The number of benzene rings is 1. The van der Waals surface area contributed by atoms with E-state index in [2.05, 4.69) is 41.5 Å². The van der Waals surface area contributed by atoms with Crippen molar-refractivity contribution in [2.75, 3.05) is 0 Å². The molecule has 0 fully saturated rings. The Morgan fingerprint density at radius 1 is 0.933 bits per heavy atom. The first-order valence-electron chi connectivity index (χ1n) is 4.91. The summed E-state index contributed by atoms with van der Waals surface area (Å²) >= 11 is 0. The van der Waals surface area contributed by atoms with Gasteiger partial charge in [-0.05, 0) is 17.7 Å². The summed E-state index contributed by atoms with van der Waals surface area (Å²) in [6, 6.07) is 14.5. The minimum absolute atomic E-state index is 1.17. The van der Waals surface area contributed by atoms with Crippen LogP contribution in [0.2, 0.25) is 0 Å². The zero-order chi connectivity index (χ0) is 10.1. The summed E-state index contributed by atoms with van der Waals surface area (Å²) in [6.07, 6.45) is 5.73. The van der Waals surface area contributed by atoms with E-state index in [9.17, 15) is 0 Å². The van der Waals surface area contributed by atoms with Crippen LogP contribution in [0.5, 0.6) is 0 Å². The van der Waals surface area contributed by atoms with Gasteiger partial charge in [-0.2, -0.15) is 0 Å². The third kappa shape index (κ3) is 1.40. The first-order valence-corrected chi connectivity index (χ1v) is 4.91. The van der Waals surface area contributed by atoms with Crippen molar-refractivity contribution < 1.29 is 0 Å². The Morgan fingerprint density at radius 3 is 2.60 bits per heavy atom. The average molecular weight is 194 g/mol. The zero-order valence-corrected chi connectivity index (χ0v) is 8.17. The van der Waals surface area contributed by atoms with Gasteiger partial charge in [0, 0.05) is 23.5 Å². The molecule has 0 N–H and O–H groups in total. The fraction of sp³-hybridized carbons (Fsp3) is 0. The van der Waals surface area contributed by atoms with E-state index < -0.39 is 0 Å². The van der Waals surface area contributed by atoms with Crippen LogP contribution >= 0.6 is 0 Å². The fourth-order valence-electron chi connectivity index (χ4n) is 1.75. The fourth-order valence-corrected chi connectivity index (χ4v) is 1.75. The molecule has 0 unspecified atom stereocenters. The maximum absolute atomic E-state index is 4.08. The topological polar surface area (TPSA) is 17.3 Å². The van der Waals surface area contributed by atoms with Gasteiger partial charge in [0.05, 0.1) is 6.33 Å². The van der Waals surface area contributed by atoms with Crippen LogP contribution in [-0.4, -0.2) is 9.38 Å². The summed E-state index contributed by atoms with van der Waals surface area (Å²) < 4.78 is 2.03. The lowest BCUT2D eigenvalue weighted by molar-refractivity contribution is 1.10. The van der Waals surface area contributed by atoms with Crippen molar-refractivity contribution in [2.45, 2.75) is 0 Å². The second-order valence-electron chi connectivity index (χ2n) is 3.51. The third-order valence-electron chi connectivity index (χ3n) is 2.51. The van der Waals surface area contributed by atoms with Crippen molar-refractivity contribution in [3.8, 4) is 11.1 Å². The quantitative estimate of drug-likeness (QED) is 0.582. The van der Waals surface area contributed by atoms with E-state index in [-0.39, 0.29) is 0 Å². The molecule has 0 atom stereocenters. The maximum Gasteiger partial charge on any atom is 0.0990 e. The number of hydrogen-bond donors (Lipinski definition) is 0. The highest BCUT2D eigenvalue weighted by Crippen LogP contribution is 2.21. The molecular weight excluding hydrogens is 184 g/mol. The number of aromatic nitrogens is 2. The van der Waals surface area contributed by atoms with Gasteiger partial charge in [0.25, 0.3) is 0 Å². The van der Waals surface area contributed by atoms with Gasteiger partial charge in [-0.1, -0.05) is 30.3 Å². The van der Waals surface area contributed by atoms with Crippen LogP contribution < -0.4 is 0 Å².